The second-order valence-corrected chi connectivity index (χ2v) is 19.3. The summed E-state index contributed by atoms with van der Waals surface area (Å²) in [5, 5.41) is 0. The summed E-state index contributed by atoms with van der Waals surface area (Å²) in [7, 11) is -2.59. The van der Waals surface area contributed by atoms with E-state index in [1.807, 2.05) is 60.7 Å². The molecule has 0 heterocycles. The fourth-order valence-electron chi connectivity index (χ4n) is 2.61. The molecule has 0 amide bonds. The minimum absolute atomic E-state index is 0.531. The van der Waals surface area contributed by atoms with Crippen LogP contribution in [0.5, 0.6) is 0 Å². The molecule has 0 nitrogen and oxygen atoms in total. The van der Waals surface area contributed by atoms with Gasteiger partial charge >= 0.3 is 132 Å². The molecule has 0 saturated heterocycles. The number of halogens is 2. The summed E-state index contributed by atoms with van der Waals surface area (Å²) < 4.78 is 32.0. The van der Waals surface area contributed by atoms with E-state index in [1.165, 1.54) is 0 Å². The molecule has 4 heteroatoms. The van der Waals surface area contributed by atoms with Crippen LogP contribution < -0.4 is 7.16 Å². The Balaban J connectivity index is 2.27. The van der Waals surface area contributed by atoms with Gasteiger partial charge in [-0.2, -0.15) is 0 Å². The van der Waals surface area contributed by atoms with E-state index in [4.69, 9.17) is 0 Å². The summed E-state index contributed by atoms with van der Waals surface area (Å²) >= 11 is -4.12. The molecule has 0 fully saturated rings. The van der Waals surface area contributed by atoms with E-state index < -0.39 is 27.4 Å². The zero-order valence-electron chi connectivity index (χ0n) is 12.7. The normalized spacial score (nSPS) is 12.4. The van der Waals surface area contributed by atoms with E-state index in [0.717, 1.165) is 7.16 Å². The van der Waals surface area contributed by atoms with E-state index in [2.05, 4.69) is 0 Å². The average molecular weight is 411 g/mol. The van der Waals surface area contributed by atoms with Gasteiger partial charge in [-0.25, -0.2) is 0 Å². The van der Waals surface area contributed by atoms with Crippen LogP contribution in [0.3, 0.4) is 0 Å². The Kier molecular flexibility index (Phi) is 5.60. The van der Waals surface area contributed by atoms with Crippen LogP contribution in [0.4, 0.5) is 6.97 Å². The van der Waals surface area contributed by atoms with Crippen molar-refractivity contribution in [1.29, 1.82) is 0 Å². The van der Waals surface area contributed by atoms with Crippen molar-refractivity contribution in [2.75, 3.05) is 0 Å². The molecule has 2 aromatic carbocycles. The first-order chi connectivity index (χ1) is 9.92. The van der Waals surface area contributed by atoms with Crippen LogP contribution >= 0.6 is 0 Å². The van der Waals surface area contributed by atoms with Crippen LogP contribution in [-0.2, 0) is 0 Å². The Morgan fingerprint density at radius 2 is 1.29 bits per heavy atom. The molecule has 0 saturated carbocycles. The van der Waals surface area contributed by atoms with Gasteiger partial charge in [0.05, 0.1) is 0 Å². The van der Waals surface area contributed by atoms with E-state index >= 15 is 2.87 Å². The van der Waals surface area contributed by atoms with E-state index in [-0.39, 0.29) is 0 Å². The Morgan fingerprint density at radius 3 is 1.67 bits per heavy atom. The van der Waals surface area contributed by atoms with Crippen molar-refractivity contribution in [3.8, 4) is 0 Å². The monoisotopic (exact) mass is 412 g/mol. The molecular formula is C17H22F2SiSn. The van der Waals surface area contributed by atoms with E-state index in [9.17, 15) is 4.11 Å². The zero-order chi connectivity index (χ0) is 15.3. The maximum atomic E-state index is 15.9. The summed E-state index contributed by atoms with van der Waals surface area (Å²) in [6.07, 6.45) is 0.659. The van der Waals surface area contributed by atoms with Gasteiger partial charge in [0.2, 0.25) is 0 Å². The summed E-state index contributed by atoms with van der Waals surface area (Å²) in [6, 6.07) is 19.6. The van der Waals surface area contributed by atoms with Crippen molar-refractivity contribution < 1.29 is 6.97 Å². The molecule has 2 aromatic rings. The number of hydrogen-bond acceptors (Lipinski definition) is 0. The first-order valence-corrected chi connectivity index (χ1v) is 16.4. The van der Waals surface area contributed by atoms with Gasteiger partial charge in [0.15, 0.2) is 0 Å². The van der Waals surface area contributed by atoms with Crippen LogP contribution in [0, 0.1) is 0 Å². The number of rotatable bonds is 6. The molecule has 0 unspecified atom stereocenters. The Labute approximate surface area is 132 Å². The van der Waals surface area contributed by atoms with Crippen molar-refractivity contribution in [2.45, 2.75) is 30.0 Å². The van der Waals surface area contributed by atoms with Crippen LogP contribution in [0.1, 0.15) is 6.42 Å². The number of hydrogen-bond donors (Lipinski definition) is 0. The summed E-state index contributed by atoms with van der Waals surface area (Å²) in [4.78, 5) is 0. The summed E-state index contributed by atoms with van der Waals surface area (Å²) in [5.74, 6) is 0. The minimum atomic E-state index is -4.12. The van der Waals surface area contributed by atoms with Gasteiger partial charge in [0.25, 0.3) is 0 Å². The Morgan fingerprint density at radius 1 is 0.857 bits per heavy atom. The number of benzene rings is 2. The summed E-state index contributed by atoms with van der Waals surface area (Å²) in [6.45, 7) is 3.40. The molecule has 0 bridgehead atoms. The second kappa shape index (κ2) is 7.05. The second-order valence-electron chi connectivity index (χ2n) is 6.11. The third-order valence-corrected chi connectivity index (χ3v) is 15.4. The topological polar surface area (TPSA) is 0 Å². The first-order valence-electron chi connectivity index (χ1n) is 7.41. The van der Waals surface area contributed by atoms with Crippen LogP contribution in [-0.4, -0.2) is 27.4 Å². The predicted molar refractivity (Wildman–Crippen MR) is 91.8 cm³/mol. The molecule has 2 rings (SSSR count). The fourth-order valence-corrected chi connectivity index (χ4v) is 13.2. The molecule has 0 N–H and O–H groups in total. The Hall–Kier alpha value is -0.684. The van der Waals surface area contributed by atoms with Gasteiger partial charge in [-0.15, -0.1) is 0 Å². The van der Waals surface area contributed by atoms with E-state index in [1.54, 1.807) is 13.1 Å². The van der Waals surface area contributed by atoms with Gasteiger partial charge in [-0.05, 0) is 0 Å². The first kappa shape index (κ1) is 16.7. The van der Waals surface area contributed by atoms with Gasteiger partial charge in [0.1, 0.15) is 0 Å². The molecule has 0 spiro atoms. The molecule has 0 aliphatic rings. The van der Waals surface area contributed by atoms with Gasteiger partial charge in [-0.1, -0.05) is 0 Å². The van der Waals surface area contributed by atoms with Crippen molar-refractivity contribution in [1.82, 2.24) is 0 Å². The predicted octanol–water partition coefficient (Wildman–Crippen LogP) is 4.28. The van der Waals surface area contributed by atoms with Crippen LogP contribution in [0.15, 0.2) is 60.7 Å². The fraction of sp³-hybridized carbons (Fsp3) is 0.294. The quantitative estimate of drug-likeness (QED) is 0.492. The summed E-state index contributed by atoms with van der Waals surface area (Å²) in [5.41, 5.74) is 0. The SMILES string of the molecule is C[Si](C)(F)CC[CH2][Sn]([F])([c]1ccccc1)[c]1ccccc1. The maximum absolute atomic E-state index is 15.9. The Bertz CT molecular complexity index is 513. The van der Waals surface area contributed by atoms with Crippen LogP contribution in [0.2, 0.25) is 23.6 Å². The van der Waals surface area contributed by atoms with E-state index in [0.29, 0.717) is 16.9 Å². The third-order valence-electron chi connectivity index (χ3n) is 3.76. The van der Waals surface area contributed by atoms with Gasteiger partial charge < -0.3 is 0 Å². The van der Waals surface area contributed by atoms with Crippen molar-refractivity contribution >= 4 is 34.5 Å². The molecule has 0 radical (unpaired) electrons. The molecule has 0 aromatic heterocycles. The molecule has 112 valence electrons. The molecular weight excluding hydrogens is 389 g/mol. The standard InChI is InChI=1S/2C6H5.C5H12FSi.FH.Sn/c2*1-2-4-6-5-3-1;1-4-5-7(2,3)6;;/h2*1-5H;1,4-5H2,2-3H3;1H;/q;;;;+1/p-1. The third kappa shape index (κ3) is 4.64. The van der Waals surface area contributed by atoms with Crippen LogP contribution in [0.25, 0.3) is 0 Å². The zero-order valence-corrected chi connectivity index (χ0v) is 16.5. The molecule has 0 aliphatic heterocycles. The molecule has 21 heavy (non-hydrogen) atoms. The van der Waals surface area contributed by atoms with Crippen molar-refractivity contribution in [3.63, 3.8) is 0 Å². The molecule has 0 aliphatic carbocycles. The van der Waals surface area contributed by atoms with Crippen molar-refractivity contribution in [2.24, 2.45) is 0 Å². The van der Waals surface area contributed by atoms with Gasteiger partial charge in [-0.3, -0.25) is 0 Å². The van der Waals surface area contributed by atoms with Crippen molar-refractivity contribution in [3.05, 3.63) is 60.7 Å². The van der Waals surface area contributed by atoms with Gasteiger partial charge in [0, 0.05) is 0 Å². The molecule has 0 atom stereocenters. The average Bonchev–Trinajstić information content (AvgIpc) is 2.47.